The van der Waals surface area contributed by atoms with Crippen molar-refractivity contribution in [2.75, 3.05) is 4.90 Å². The highest BCUT2D eigenvalue weighted by Gasteiger charge is 2.40. The van der Waals surface area contributed by atoms with Crippen LogP contribution in [0.2, 0.25) is 0 Å². The van der Waals surface area contributed by atoms with Crippen LogP contribution in [-0.2, 0) is 10.8 Å². The van der Waals surface area contributed by atoms with Gasteiger partial charge < -0.3 is 4.90 Å². The van der Waals surface area contributed by atoms with Gasteiger partial charge in [0.1, 0.15) is 0 Å². The molecule has 0 amide bonds. The number of nitrogens with zero attached hydrogens (tertiary/aromatic N) is 1. The Bertz CT molecular complexity index is 3060. The maximum atomic E-state index is 2.43. The van der Waals surface area contributed by atoms with Crippen molar-refractivity contribution in [1.82, 2.24) is 0 Å². The molecule has 0 saturated carbocycles. The van der Waals surface area contributed by atoms with Gasteiger partial charge in [-0.2, -0.15) is 0 Å². The van der Waals surface area contributed by atoms with Gasteiger partial charge in [0.05, 0.1) is 0 Å². The summed E-state index contributed by atoms with van der Waals surface area (Å²) in [6.45, 7) is 9.51. The predicted molar refractivity (Wildman–Crippen MR) is 250 cm³/mol. The molecule has 0 unspecified atom stereocenters. The molecule has 0 spiro atoms. The van der Waals surface area contributed by atoms with Gasteiger partial charge in [0.25, 0.3) is 0 Å². The monoisotopic (exact) mass is 755 g/mol. The summed E-state index contributed by atoms with van der Waals surface area (Å²) in [6, 6.07) is 74.1. The van der Waals surface area contributed by atoms with Crippen molar-refractivity contribution in [3.05, 3.63) is 222 Å². The van der Waals surface area contributed by atoms with Gasteiger partial charge in [-0.1, -0.05) is 191 Å². The third kappa shape index (κ3) is 5.38. The average molecular weight is 756 g/mol. The van der Waals surface area contributed by atoms with E-state index in [1.54, 1.807) is 0 Å². The highest BCUT2D eigenvalue weighted by Crippen LogP contribution is 2.58. The molecular weight excluding hydrogens is 711 g/mol. The second kappa shape index (κ2) is 13.3. The van der Waals surface area contributed by atoms with Crippen molar-refractivity contribution in [2.45, 2.75) is 38.5 Å². The predicted octanol–water partition coefficient (Wildman–Crippen LogP) is 15.9. The molecule has 1 heteroatoms. The maximum absolute atomic E-state index is 2.43. The Balaban J connectivity index is 1.11. The van der Waals surface area contributed by atoms with E-state index in [9.17, 15) is 0 Å². The SMILES string of the molecule is CC1(C)c2ccccc2-c2ccc(N(c3ccc(-c4ccccc4)cc3)c3ccc(-c4c(-c5ccccc5)c5c(c6ccccc46)C(C)(C)c4ccccc4-5)cc3)cc21. The van der Waals surface area contributed by atoms with E-state index in [2.05, 4.69) is 233 Å². The van der Waals surface area contributed by atoms with Gasteiger partial charge in [-0.25, -0.2) is 0 Å². The third-order valence-corrected chi connectivity index (χ3v) is 13.2. The minimum Gasteiger partial charge on any atom is -0.310 e. The highest BCUT2D eigenvalue weighted by atomic mass is 15.1. The standard InChI is InChI=1S/C58H45N/c1-57(2)50-25-15-13-21-45(50)46-36-35-44(37-52(46)57)59(42-31-27-39(28-32-42)38-17-7-5-8-18-38)43-33-29-41(30-34-43)53-47-22-11-12-23-48(47)56-55(54(53)40-19-9-6-10-20-40)49-24-14-16-26-51(49)58(56,3)4/h5-37H,1-4H3. The summed E-state index contributed by atoms with van der Waals surface area (Å²) in [4.78, 5) is 2.43. The van der Waals surface area contributed by atoms with Crippen LogP contribution in [0.5, 0.6) is 0 Å². The molecule has 0 aromatic heterocycles. The van der Waals surface area contributed by atoms with Crippen LogP contribution in [0.4, 0.5) is 17.1 Å². The van der Waals surface area contributed by atoms with E-state index in [-0.39, 0.29) is 10.8 Å². The van der Waals surface area contributed by atoms with Crippen LogP contribution >= 0.6 is 0 Å². The maximum Gasteiger partial charge on any atom is 0.0465 e. The molecule has 0 aliphatic heterocycles. The topological polar surface area (TPSA) is 3.24 Å². The summed E-state index contributed by atoms with van der Waals surface area (Å²) >= 11 is 0. The van der Waals surface area contributed by atoms with Crippen molar-refractivity contribution in [3.8, 4) is 55.6 Å². The Kier molecular flexibility index (Phi) is 7.94. The molecule has 1 nitrogen and oxygen atoms in total. The first-order valence-corrected chi connectivity index (χ1v) is 20.9. The molecule has 9 aromatic carbocycles. The van der Waals surface area contributed by atoms with E-state index >= 15 is 0 Å². The lowest BCUT2D eigenvalue weighted by molar-refractivity contribution is 0.660. The van der Waals surface area contributed by atoms with Gasteiger partial charge in [0.15, 0.2) is 0 Å². The molecule has 0 N–H and O–H groups in total. The Morgan fingerprint density at radius 1 is 0.305 bits per heavy atom. The molecule has 282 valence electrons. The third-order valence-electron chi connectivity index (χ3n) is 13.2. The smallest absolute Gasteiger partial charge is 0.0465 e. The van der Waals surface area contributed by atoms with E-state index in [1.165, 1.54) is 88.7 Å². The van der Waals surface area contributed by atoms with Crippen molar-refractivity contribution in [3.63, 3.8) is 0 Å². The van der Waals surface area contributed by atoms with Gasteiger partial charge in [-0.3, -0.25) is 0 Å². The summed E-state index contributed by atoms with van der Waals surface area (Å²) in [5, 5.41) is 2.61. The summed E-state index contributed by atoms with van der Waals surface area (Å²) in [5.74, 6) is 0. The molecule has 2 aliphatic carbocycles. The minimum atomic E-state index is -0.139. The lowest BCUT2D eigenvalue weighted by Crippen LogP contribution is -2.16. The van der Waals surface area contributed by atoms with Gasteiger partial charge in [-0.05, 0) is 125 Å². The molecule has 0 saturated heterocycles. The fourth-order valence-electron chi connectivity index (χ4n) is 10.4. The zero-order valence-electron chi connectivity index (χ0n) is 34.0. The summed E-state index contributed by atoms with van der Waals surface area (Å²) in [6.07, 6.45) is 0. The largest absolute Gasteiger partial charge is 0.310 e. The lowest BCUT2D eigenvalue weighted by atomic mass is 9.77. The van der Waals surface area contributed by atoms with Crippen LogP contribution in [-0.4, -0.2) is 0 Å². The molecule has 59 heavy (non-hydrogen) atoms. The van der Waals surface area contributed by atoms with Crippen LogP contribution in [0, 0.1) is 0 Å². The minimum absolute atomic E-state index is 0.107. The van der Waals surface area contributed by atoms with Crippen LogP contribution in [0.1, 0.15) is 49.9 Å². The fourth-order valence-corrected chi connectivity index (χ4v) is 10.4. The first-order chi connectivity index (χ1) is 28.8. The molecule has 0 atom stereocenters. The number of hydrogen-bond donors (Lipinski definition) is 0. The van der Waals surface area contributed by atoms with Gasteiger partial charge >= 0.3 is 0 Å². The Morgan fingerprint density at radius 2 is 0.763 bits per heavy atom. The summed E-state index contributed by atoms with van der Waals surface area (Å²) in [5.41, 5.74) is 21.5. The second-order valence-corrected chi connectivity index (χ2v) is 17.3. The Labute approximate surface area is 347 Å². The van der Waals surface area contributed by atoms with Crippen LogP contribution in [0.3, 0.4) is 0 Å². The molecule has 11 rings (SSSR count). The van der Waals surface area contributed by atoms with Gasteiger partial charge in [0, 0.05) is 27.9 Å². The summed E-state index contributed by atoms with van der Waals surface area (Å²) < 4.78 is 0. The first-order valence-electron chi connectivity index (χ1n) is 20.9. The van der Waals surface area contributed by atoms with Gasteiger partial charge in [-0.15, -0.1) is 0 Å². The fraction of sp³-hybridized carbons (Fsp3) is 0.103. The molecule has 0 bridgehead atoms. The molecule has 0 heterocycles. The van der Waals surface area contributed by atoms with Crippen molar-refractivity contribution >= 4 is 27.8 Å². The zero-order valence-corrected chi connectivity index (χ0v) is 34.0. The number of benzene rings is 9. The Hall–Kier alpha value is -6.96. The van der Waals surface area contributed by atoms with E-state index in [4.69, 9.17) is 0 Å². The molecule has 0 radical (unpaired) electrons. The van der Waals surface area contributed by atoms with Crippen LogP contribution in [0.15, 0.2) is 200 Å². The normalized spacial score (nSPS) is 14.0. The van der Waals surface area contributed by atoms with Crippen molar-refractivity contribution in [2.24, 2.45) is 0 Å². The van der Waals surface area contributed by atoms with E-state index in [1.807, 2.05) is 0 Å². The first kappa shape index (κ1) is 35.2. The summed E-state index contributed by atoms with van der Waals surface area (Å²) in [7, 11) is 0. The number of anilines is 3. The number of fused-ring (bicyclic) bond motifs is 8. The Morgan fingerprint density at radius 3 is 1.42 bits per heavy atom. The lowest BCUT2D eigenvalue weighted by Gasteiger charge is -2.29. The number of hydrogen-bond acceptors (Lipinski definition) is 1. The molecular formula is C58H45N. The second-order valence-electron chi connectivity index (χ2n) is 17.3. The van der Waals surface area contributed by atoms with Gasteiger partial charge in [0.2, 0.25) is 0 Å². The van der Waals surface area contributed by atoms with E-state index < -0.39 is 0 Å². The van der Waals surface area contributed by atoms with E-state index in [0.717, 1.165) is 17.1 Å². The quantitative estimate of drug-likeness (QED) is 0.163. The average Bonchev–Trinajstić information content (AvgIpc) is 3.67. The number of rotatable bonds is 6. The van der Waals surface area contributed by atoms with Crippen LogP contribution < -0.4 is 4.90 Å². The molecule has 0 fully saturated rings. The highest BCUT2D eigenvalue weighted by molar-refractivity contribution is 6.14. The zero-order chi connectivity index (χ0) is 39.9. The molecule has 9 aromatic rings. The van der Waals surface area contributed by atoms with Crippen LogP contribution in [0.25, 0.3) is 66.4 Å². The van der Waals surface area contributed by atoms with Crippen molar-refractivity contribution < 1.29 is 0 Å². The van der Waals surface area contributed by atoms with Crippen molar-refractivity contribution in [1.29, 1.82) is 0 Å². The molecule has 2 aliphatic rings. The van der Waals surface area contributed by atoms with E-state index in [0.29, 0.717) is 0 Å².